The van der Waals surface area contributed by atoms with Crippen molar-refractivity contribution in [1.82, 2.24) is 19.9 Å². The van der Waals surface area contributed by atoms with E-state index in [-0.39, 0.29) is 11.3 Å². The summed E-state index contributed by atoms with van der Waals surface area (Å²) in [6.07, 6.45) is 7.17. The van der Waals surface area contributed by atoms with E-state index in [4.69, 9.17) is 9.97 Å². The van der Waals surface area contributed by atoms with Crippen molar-refractivity contribution in [2.75, 3.05) is 0 Å². The third kappa shape index (κ3) is 5.64. The highest BCUT2D eigenvalue weighted by atomic mass is 16.3. The molecule has 6 nitrogen and oxygen atoms in total. The highest BCUT2D eigenvalue weighted by molar-refractivity contribution is 6.01. The van der Waals surface area contributed by atoms with Gasteiger partial charge in [0.1, 0.15) is 5.75 Å². The van der Waals surface area contributed by atoms with E-state index in [1.165, 1.54) is 22.3 Å². The molecule has 0 saturated heterocycles. The predicted molar refractivity (Wildman–Crippen MR) is 196 cm³/mol. The Hall–Kier alpha value is -4.71. The Bertz CT molecular complexity index is 2160. The van der Waals surface area contributed by atoms with Crippen LogP contribution in [0.25, 0.3) is 55.5 Å². The van der Waals surface area contributed by atoms with Gasteiger partial charge in [0.05, 0.1) is 33.9 Å². The highest BCUT2D eigenvalue weighted by Gasteiger charge is 2.23. The number of fused-ring (bicyclic) bond motifs is 8. The van der Waals surface area contributed by atoms with Crippen molar-refractivity contribution in [2.45, 2.75) is 93.9 Å². The van der Waals surface area contributed by atoms with Gasteiger partial charge in [0.2, 0.25) is 0 Å². The van der Waals surface area contributed by atoms with Crippen LogP contribution in [-0.2, 0) is 6.42 Å². The summed E-state index contributed by atoms with van der Waals surface area (Å²) in [7, 11) is 0. The summed E-state index contributed by atoms with van der Waals surface area (Å²) >= 11 is 0. The van der Waals surface area contributed by atoms with Crippen molar-refractivity contribution in [2.24, 2.45) is 0 Å². The molecule has 3 aromatic heterocycles. The number of hydrogen-bond acceptors (Lipinski definition) is 4. The van der Waals surface area contributed by atoms with Crippen LogP contribution in [0, 0.1) is 20.8 Å². The van der Waals surface area contributed by atoms with Gasteiger partial charge in [0.15, 0.2) is 6.29 Å². The molecular weight excluding hydrogens is 580 g/mol. The fourth-order valence-electron chi connectivity index (χ4n) is 6.94. The molecular formula is C41H46N4O2. The maximum absolute atomic E-state index is 11.9. The van der Waals surface area contributed by atoms with Gasteiger partial charge < -0.3 is 15.1 Å². The molecule has 4 aromatic rings. The number of aromatic amines is 2. The summed E-state index contributed by atoms with van der Waals surface area (Å²) in [6.45, 7) is 17.4. The van der Waals surface area contributed by atoms with Crippen LogP contribution in [0.4, 0.5) is 0 Å². The molecule has 0 saturated carbocycles. The van der Waals surface area contributed by atoms with Gasteiger partial charge in [0.25, 0.3) is 0 Å². The number of rotatable bonds is 8. The van der Waals surface area contributed by atoms with E-state index >= 15 is 0 Å². The molecule has 0 aliphatic carbocycles. The van der Waals surface area contributed by atoms with E-state index in [2.05, 4.69) is 83.6 Å². The molecule has 2 aliphatic heterocycles. The minimum Gasteiger partial charge on any atom is -0.507 e. The van der Waals surface area contributed by atoms with Gasteiger partial charge in [-0.2, -0.15) is 0 Å². The number of phenolic OH excluding ortho intramolecular Hbond substituents is 1. The molecule has 5 heterocycles. The molecule has 0 radical (unpaired) electrons. The van der Waals surface area contributed by atoms with Crippen LogP contribution in [0.1, 0.15) is 122 Å². The first-order chi connectivity index (χ1) is 22.6. The number of benzene rings is 1. The molecule has 6 rings (SSSR count). The van der Waals surface area contributed by atoms with Crippen molar-refractivity contribution in [3.05, 3.63) is 87.0 Å². The molecule has 2 aliphatic rings. The monoisotopic (exact) mass is 626 g/mol. The predicted octanol–water partition coefficient (Wildman–Crippen LogP) is 10.8. The van der Waals surface area contributed by atoms with Crippen LogP contribution in [-0.4, -0.2) is 31.3 Å². The maximum Gasteiger partial charge on any atom is 0.153 e. The standard InChI is InChI=1S/C41H46N4O2/c1-9-11-13-30-26(7)34-18-32-22(3)24(5)40(44-32)39(28-15-16-38(47)29(17-28)21-46)41-25(6)23(4)33(45-41)19-35-27(8)31(14-12-10-2)37(43-35)20-36(30)42-34/h15-21,42,44,47H,9-14H2,1-8H3. The third-order valence-electron chi connectivity index (χ3n) is 10.3. The third-order valence-corrected chi connectivity index (χ3v) is 10.3. The maximum atomic E-state index is 11.9. The second-order valence-corrected chi connectivity index (χ2v) is 13.2. The van der Waals surface area contributed by atoms with Gasteiger partial charge in [-0.25, -0.2) is 9.97 Å². The Morgan fingerprint density at radius 3 is 2.13 bits per heavy atom. The van der Waals surface area contributed by atoms with Crippen LogP contribution in [0.5, 0.6) is 5.75 Å². The van der Waals surface area contributed by atoms with Crippen molar-refractivity contribution >= 4 is 50.6 Å². The summed E-state index contributed by atoms with van der Waals surface area (Å²) in [6, 6.07) is 11.9. The number of aromatic hydroxyl groups is 1. The van der Waals surface area contributed by atoms with E-state index in [1.54, 1.807) is 12.1 Å². The molecule has 47 heavy (non-hydrogen) atoms. The second-order valence-electron chi connectivity index (χ2n) is 13.2. The molecule has 3 N–H and O–H groups in total. The zero-order valence-electron chi connectivity index (χ0n) is 29.0. The van der Waals surface area contributed by atoms with E-state index in [1.807, 2.05) is 6.07 Å². The Kier molecular flexibility index (Phi) is 8.80. The first-order valence-corrected chi connectivity index (χ1v) is 17.0. The fraction of sp³-hybridized carbons (Fsp3) is 0.341. The SMILES string of the molecule is CCCCC1=C(C)c2cc3nc(c(-c4ccc(O)c(C=O)c4)c4[nH]c(cc5[nH]c(cc1n2)c(CCCC)c5C)c(C)c4C)C(C)=C3C. The van der Waals surface area contributed by atoms with Gasteiger partial charge in [-0.3, -0.25) is 4.79 Å². The topological polar surface area (TPSA) is 94.7 Å². The quantitative estimate of drug-likeness (QED) is 0.170. The van der Waals surface area contributed by atoms with Crippen molar-refractivity contribution in [3.63, 3.8) is 0 Å². The molecule has 0 atom stereocenters. The lowest BCUT2D eigenvalue weighted by Gasteiger charge is -2.09. The number of carbonyl (C=O) groups is 1. The average molecular weight is 627 g/mol. The molecule has 1 aromatic carbocycles. The highest BCUT2D eigenvalue weighted by Crippen LogP contribution is 2.41. The number of allylic oxidation sites excluding steroid dienone is 4. The fourth-order valence-corrected chi connectivity index (χ4v) is 6.94. The minimum absolute atomic E-state index is 0.0375. The van der Waals surface area contributed by atoms with Crippen LogP contribution < -0.4 is 0 Å². The van der Waals surface area contributed by atoms with Gasteiger partial charge >= 0.3 is 0 Å². The molecule has 6 heteroatoms. The average Bonchev–Trinajstić information content (AvgIpc) is 3.70. The number of aldehydes is 1. The summed E-state index contributed by atoms with van der Waals surface area (Å²) < 4.78 is 0. The number of H-pyrrole nitrogens is 2. The van der Waals surface area contributed by atoms with Crippen molar-refractivity contribution in [3.8, 4) is 16.9 Å². The number of unbranched alkanes of at least 4 members (excludes halogenated alkanes) is 2. The lowest BCUT2D eigenvalue weighted by atomic mass is 9.96. The summed E-state index contributed by atoms with van der Waals surface area (Å²) in [5.41, 5.74) is 19.4. The van der Waals surface area contributed by atoms with E-state index in [0.29, 0.717) is 6.29 Å². The van der Waals surface area contributed by atoms with Crippen LogP contribution in [0.3, 0.4) is 0 Å². The number of aromatic nitrogens is 4. The normalized spacial score (nSPS) is 13.2. The Labute approximate surface area is 277 Å². The zero-order valence-corrected chi connectivity index (χ0v) is 29.0. The van der Waals surface area contributed by atoms with E-state index < -0.39 is 0 Å². The smallest absolute Gasteiger partial charge is 0.153 e. The molecule has 242 valence electrons. The number of phenols is 1. The molecule has 8 bridgehead atoms. The lowest BCUT2D eigenvalue weighted by Crippen LogP contribution is -1.91. The Morgan fingerprint density at radius 2 is 1.40 bits per heavy atom. The number of carbonyl (C=O) groups excluding carboxylic acids is 1. The number of nitrogens with zero attached hydrogens (tertiary/aromatic N) is 2. The van der Waals surface area contributed by atoms with Gasteiger partial charge in [-0.15, -0.1) is 0 Å². The number of nitrogens with one attached hydrogen (secondary N) is 2. The molecule has 0 unspecified atom stereocenters. The Balaban J connectivity index is 1.82. The molecule has 0 fully saturated rings. The van der Waals surface area contributed by atoms with Crippen molar-refractivity contribution < 1.29 is 9.90 Å². The summed E-state index contributed by atoms with van der Waals surface area (Å²) in [5.74, 6) is -0.0375. The van der Waals surface area contributed by atoms with Gasteiger partial charge in [0, 0.05) is 22.1 Å². The lowest BCUT2D eigenvalue weighted by molar-refractivity contribution is 0.112. The first kappa shape index (κ1) is 32.2. The second kappa shape index (κ2) is 12.8. The number of aryl methyl sites for hydroxylation is 4. The molecule has 0 amide bonds. The van der Waals surface area contributed by atoms with Crippen LogP contribution >= 0.6 is 0 Å². The van der Waals surface area contributed by atoms with Gasteiger partial charge in [-0.05, 0) is 148 Å². The largest absolute Gasteiger partial charge is 0.507 e. The Morgan fingerprint density at radius 1 is 0.702 bits per heavy atom. The summed E-state index contributed by atoms with van der Waals surface area (Å²) in [4.78, 5) is 30.1. The van der Waals surface area contributed by atoms with Crippen LogP contribution in [0.15, 0.2) is 36.4 Å². The van der Waals surface area contributed by atoms with E-state index in [0.717, 1.165) is 117 Å². The van der Waals surface area contributed by atoms with Crippen LogP contribution in [0.2, 0.25) is 0 Å². The minimum atomic E-state index is -0.0375. The summed E-state index contributed by atoms with van der Waals surface area (Å²) in [5, 5.41) is 10.4. The zero-order chi connectivity index (χ0) is 33.6. The van der Waals surface area contributed by atoms with Crippen molar-refractivity contribution in [1.29, 1.82) is 0 Å². The number of hydrogen-bond donors (Lipinski definition) is 3. The molecule has 0 spiro atoms. The first-order valence-electron chi connectivity index (χ1n) is 17.0. The van der Waals surface area contributed by atoms with Gasteiger partial charge in [-0.1, -0.05) is 32.8 Å². The van der Waals surface area contributed by atoms with E-state index in [9.17, 15) is 9.90 Å².